The molecule has 0 saturated carbocycles. The van der Waals surface area contributed by atoms with Crippen molar-refractivity contribution in [2.45, 2.75) is 19.9 Å². The summed E-state index contributed by atoms with van der Waals surface area (Å²) in [6, 6.07) is 10.9. The van der Waals surface area contributed by atoms with E-state index in [0.29, 0.717) is 22.7 Å². The second-order valence-corrected chi connectivity index (χ2v) is 8.27. The summed E-state index contributed by atoms with van der Waals surface area (Å²) in [5.74, 6) is -0.123. The first kappa shape index (κ1) is 22.8. The summed E-state index contributed by atoms with van der Waals surface area (Å²) in [4.78, 5) is 23.0. The zero-order valence-corrected chi connectivity index (χ0v) is 17.7. The predicted molar refractivity (Wildman–Crippen MR) is 113 cm³/mol. The highest BCUT2D eigenvalue weighted by atomic mass is 32.2. The lowest BCUT2D eigenvalue weighted by Gasteiger charge is -2.27. The van der Waals surface area contributed by atoms with Crippen LogP contribution < -0.4 is 14.5 Å². The lowest BCUT2D eigenvalue weighted by Crippen LogP contribution is -2.46. The lowest BCUT2D eigenvalue weighted by atomic mass is 10.1. The Labute approximate surface area is 174 Å². The maximum atomic E-state index is 12.6. The molecule has 1 amide bonds. The van der Waals surface area contributed by atoms with Gasteiger partial charge in [-0.3, -0.25) is 19.2 Å². The van der Waals surface area contributed by atoms with Gasteiger partial charge in [0, 0.05) is 17.7 Å². The average Bonchev–Trinajstić information content (AvgIpc) is 2.71. The highest BCUT2D eigenvalue weighted by Gasteiger charge is 2.29. The first-order valence-corrected chi connectivity index (χ1v) is 10.6. The van der Waals surface area contributed by atoms with Gasteiger partial charge < -0.3 is 4.74 Å². The van der Waals surface area contributed by atoms with Crippen molar-refractivity contribution in [3.63, 3.8) is 0 Å². The third-order valence-corrected chi connectivity index (χ3v) is 5.47. The molecule has 30 heavy (non-hydrogen) atoms. The van der Waals surface area contributed by atoms with Crippen molar-refractivity contribution in [2.24, 2.45) is 5.10 Å². The number of carbonyl (C=O) groups is 1. The third kappa shape index (κ3) is 5.54. The first-order valence-electron chi connectivity index (χ1n) is 8.77. The van der Waals surface area contributed by atoms with Gasteiger partial charge >= 0.3 is 0 Å². The molecule has 0 radical (unpaired) electrons. The highest BCUT2D eigenvalue weighted by Crippen LogP contribution is 2.23. The van der Waals surface area contributed by atoms with Crippen LogP contribution in [0.1, 0.15) is 19.4 Å². The SMILES string of the molecule is COc1ccc(N([C@H](C)C(=O)N/N=C(/C)c2cccc([N+](=O)[O-])c2)S(C)(=O)=O)cc1. The first-order chi connectivity index (χ1) is 14.0. The molecule has 0 saturated heterocycles. The van der Waals surface area contributed by atoms with Crippen LogP contribution in [0.15, 0.2) is 53.6 Å². The number of amides is 1. The number of nitrogens with one attached hydrogen (secondary N) is 1. The molecule has 160 valence electrons. The van der Waals surface area contributed by atoms with Gasteiger partial charge in [0.25, 0.3) is 11.6 Å². The van der Waals surface area contributed by atoms with Crippen molar-refractivity contribution in [3.05, 3.63) is 64.2 Å². The Hall–Kier alpha value is -3.47. The maximum Gasteiger partial charge on any atom is 0.270 e. The number of nitro groups is 1. The molecular formula is C19H22N4O6S. The van der Waals surface area contributed by atoms with Crippen molar-refractivity contribution < 1.29 is 22.9 Å². The largest absolute Gasteiger partial charge is 0.497 e. The van der Waals surface area contributed by atoms with E-state index in [4.69, 9.17) is 4.74 Å². The van der Waals surface area contributed by atoms with E-state index >= 15 is 0 Å². The quantitative estimate of drug-likeness (QED) is 0.385. The monoisotopic (exact) mass is 434 g/mol. The number of benzene rings is 2. The van der Waals surface area contributed by atoms with Crippen LogP contribution in [0.5, 0.6) is 5.75 Å². The maximum absolute atomic E-state index is 12.6. The van der Waals surface area contributed by atoms with Gasteiger partial charge in [-0.25, -0.2) is 13.8 Å². The molecule has 1 atom stereocenters. The van der Waals surface area contributed by atoms with Crippen molar-refractivity contribution in [1.29, 1.82) is 0 Å². The molecule has 0 fully saturated rings. The third-order valence-electron chi connectivity index (χ3n) is 4.22. The Balaban J connectivity index is 2.23. The molecule has 0 aromatic heterocycles. The Morgan fingerprint density at radius 3 is 2.40 bits per heavy atom. The summed E-state index contributed by atoms with van der Waals surface area (Å²) < 4.78 is 30.7. The van der Waals surface area contributed by atoms with Crippen LogP contribution in [0.4, 0.5) is 11.4 Å². The Morgan fingerprint density at radius 2 is 1.87 bits per heavy atom. The van der Waals surface area contributed by atoms with Gasteiger partial charge in [0.1, 0.15) is 11.8 Å². The van der Waals surface area contributed by atoms with Crippen LogP contribution in [0.3, 0.4) is 0 Å². The van der Waals surface area contributed by atoms with Gasteiger partial charge in [0.15, 0.2) is 0 Å². The standard InChI is InChI=1S/C19H22N4O6S/c1-13(15-6-5-7-17(12-15)23(25)26)20-21-19(24)14(2)22(30(4,27)28)16-8-10-18(29-3)11-9-16/h5-12,14H,1-4H3,(H,21,24)/b20-13-/t14-/m1/s1. The fourth-order valence-corrected chi connectivity index (χ4v) is 3.85. The molecule has 0 heterocycles. The Morgan fingerprint density at radius 1 is 1.23 bits per heavy atom. The number of ether oxygens (including phenoxy) is 1. The molecule has 10 nitrogen and oxygen atoms in total. The molecule has 2 aromatic rings. The second kappa shape index (κ2) is 9.35. The van der Waals surface area contributed by atoms with Gasteiger partial charge in [-0.1, -0.05) is 12.1 Å². The zero-order chi connectivity index (χ0) is 22.5. The summed E-state index contributed by atoms with van der Waals surface area (Å²) in [5, 5.41) is 14.9. The smallest absolute Gasteiger partial charge is 0.270 e. The highest BCUT2D eigenvalue weighted by molar-refractivity contribution is 7.92. The number of nitro benzene ring substituents is 1. The van der Waals surface area contributed by atoms with Crippen molar-refractivity contribution in [1.82, 2.24) is 5.43 Å². The van der Waals surface area contributed by atoms with Gasteiger partial charge in [0.05, 0.1) is 29.7 Å². The van der Waals surface area contributed by atoms with Crippen LogP contribution in [-0.4, -0.2) is 44.4 Å². The molecular weight excluding hydrogens is 412 g/mol. The minimum atomic E-state index is -3.78. The number of hydrogen-bond acceptors (Lipinski definition) is 7. The van der Waals surface area contributed by atoms with E-state index in [9.17, 15) is 23.3 Å². The van der Waals surface area contributed by atoms with Gasteiger partial charge in [0.2, 0.25) is 10.0 Å². The predicted octanol–water partition coefficient (Wildman–Crippen LogP) is 2.30. The van der Waals surface area contributed by atoms with E-state index in [1.807, 2.05) is 0 Å². The Bertz CT molecular complexity index is 1070. The molecule has 11 heteroatoms. The fraction of sp³-hybridized carbons (Fsp3) is 0.263. The van der Waals surface area contributed by atoms with Crippen molar-refractivity contribution in [3.8, 4) is 5.75 Å². The average molecular weight is 434 g/mol. The number of rotatable bonds is 8. The van der Waals surface area contributed by atoms with Crippen LogP contribution >= 0.6 is 0 Å². The summed E-state index contributed by atoms with van der Waals surface area (Å²) in [6.07, 6.45) is 0.999. The molecule has 0 unspecified atom stereocenters. The summed E-state index contributed by atoms with van der Waals surface area (Å²) in [7, 11) is -2.29. The summed E-state index contributed by atoms with van der Waals surface area (Å²) in [6.45, 7) is 3.00. The topological polar surface area (TPSA) is 131 Å². The number of hydrazone groups is 1. The minimum absolute atomic E-state index is 0.107. The van der Waals surface area contributed by atoms with Crippen molar-refractivity contribution in [2.75, 3.05) is 17.7 Å². The number of carbonyl (C=O) groups excluding carboxylic acids is 1. The fourth-order valence-electron chi connectivity index (χ4n) is 2.68. The normalized spacial score (nSPS) is 12.7. The van der Waals surface area contributed by atoms with Crippen LogP contribution in [0.2, 0.25) is 0 Å². The minimum Gasteiger partial charge on any atom is -0.497 e. The number of anilines is 1. The van der Waals surface area contributed by atoms with Crippen LogP contribution in [0, 0.1) is 10.1 Å². The van der Waals surface area contributed by atoms with E-state index in [2.05, 4.69) is 10.5 Å². The van der Waals surface area contributed by atoms with E-state index in [0.717, 1.165) is 10.6 Å². The number of methoxy groups -OCH3 is 1. The molecule has 1 N–H and O–H groups in total. The number of hydrogen-bond donors (Lipinski definition) is 1. The second-order valence-electron chi connectivity index (χ2n) is 6.41. The van der Waals surface area contributed by atoms with E-state index in [1.165, 1.54) is 44.4 Å². The van der Waals surface area contributed by atoms with E-state index in [-0.39, 0.29) is 5.69 Å². The van der Waals surface area contributed by atoms with Crippen LogP contribution in [-0.2, 0) is 14.8 Å². The molecule has 0 aliphatic rings. The number of nitrogens with zero attached hydrogens (tertiary/aromatic N) is 3. The molecule has 0 aliphatic carbocycles. The van der Waals surface area contributed by atoms with E-state index < -0.39 is 26.9 Å². The molecule has 2 aromatic carbocycles. The van der Waals surface area contributed by atoms with Gasteiger partial charge in [-0.2, -0.15) is 5.10 Å². The molecule has 0 bridgehead atoms. The zero-order valence-electron chi connectivity index (χ0n) is 16.9. The van der Waals surface area contributed by atoms with Gasteiger partial charge in [-0.15, -0.1) is 0 Å². The number of non-ortho nitro benzene ring substituents is 1. The molecule has 0 aliphatic heterocycles. The Kier molecular flexibility index (Phi) is 7.11. The molecule has 0 spiro atoms. The molecule has 2 rings (SSSR count). The van der Waals surface area contributed by atoms with E-state index in [1.54, 1.807) is 25.1 Å². The lowest BCUT2D eigenvalue weighted by molar-refractivity contribution is -0.384. The summed E-state index contributed by atoms with van der Waals surface area (Å²) in [5.41, 5.74) is 3.29. The van der Waals surface area contributed by atoms with Crippen LogP contribution in [0.25, 0.3) is 0 Å². The number of sulfonamides is 1. The summed E-state index contributed by atoms with van der Waals surface area (Å²) >= 11 is 0. The van der Waals surface area contributed by atoms with Gasteiger partial charge in [-0.05, 0) is 38.1 Å². The van der Waals surface area contributed by atoms with Crippen molar-refractivity contribution >= 4 is 33.0 Å².